The molecule has 5 nitrogen and oxygen atoms in total. The number of carbonyl (C=O) groups is 2. The molecule has 0 fully saturated rings. The molecule has 0 aliphatic rings. The number of benzene rings is 1. The highest BCUT2D eigenvalue weighted by atomic mass is 19.1. The number of rotatable bonds is 5. The predicted octanol–water partition coefficient (Wildman–Crippen LogP) is 2.75. The quantitative estimate of drug-likeness (QED) is 0.777. The Balaban J connectivity index is 2.71. The molecule has 0 aliphatic carbocycles. The Morgan fingerprint density at radius 3 is 2.55 bits per heavy atom. The third kappa shape index (κ3) is 4.53. The van der Waals surface area contributed by atoms with Crippen LogP contribution in [0.15, 0.2) is 18.2 Å². The summed E-state index contributed by atoms with van der Waals surface area (Å²) in [6, 6.07) is 2.68. The number of hydrogen-bond acceptors (Lipinski definition) is 2. The summed E-state index contributed by atoms with van der Waals surface area (Å²) in [4.78, 5) is 22.8. The van der Waals surface area contributed by atoms with Gasteiger partial charge < -0.3 is 15.7 Å². The molecule has 1 rings (SSSR count). The number of nitrogens with one attached hydrogen (secondary N) is 2. The van der Waals surface area contributed by atoms with Gasteiger partial charge in [0.15, 0.2) is 0 Å². The number of hydrogen-bond donors (Lipinski definition) is 3. The Labute approximate surface area is 117 Å². The number of aliphatic carboxylic acids is 1. The lowest BCUT2D eigenvalue weighted by atomic mass is 10.0. The second-order valence-corrected chi connectivity index (χ2v) is 5.03. The van der Waals surface area contributed by atoms with E-state index in [1.54, 1.807) is 6.07 Å². The lowest BCUT2D eigenvalue weighted by Gasteiger charge is -2.17. The fourth-order valence-corrected chi connectivity index (χ4v) is 1.75. The van der Waals surface area contributed by atoms with Gasteiger partial charge in [0.05, 0.1) is 0 Å². The summed E-state index contributed by atoms with van der Waals surface area (Å²) in [5.74, 6) is -1.39. The van der Waals surface area contributed by atoms with Crippen LogP contribution in [-0.2, 0) is 4.79 Å². The average molecular weight is 282 g/mol. The lowest BCUT2D eigenvalue weighted by molar-refractivity contribution is -0.139. The number of carboxylic acid groups (broad SMARTS) is 1. The Morgan fingerprint density at radius 2 is 2.00 bits per heavy atom. The van der Waals surface area contributed by atoms with Gasteiger partial charge in [-0.1, -0.05) is 19.9 Å². The zero-order chi connectivity index (χ0) is 15.3. The highest BCUT2D eigenvalue weighted by Gasteiger charge is 2.21. The first kappa shape index (κ1) is 15.9. The standard InChI is InChI=1S/C14H19FN2O3/c1-8(2)7-12(13(18)19)17-14(20)16-11-6-4-5-10(15)9(11)3/h4-6,8,12H,7H2,1-3H3,(H,18,19)(H2,16,17,20)/t12-/m0/s1. The third-order valence-electron chi connectivity index (χ3n) is 2.83. The van der Waals surface area contributed by atoms with E-state index in [9.17, 15) is 14.0 Å². The average Bonchev–Trinajstić information content (AvgIpc) is 2.33. The van der Waals surface area contributed by atoms with Gasteiger partial charge in [0.1, 0.15) is 11.9 Å². The molecule has 0 saturated carbocycles. The number of carbonyl (C=O) groups excluding carboxylic acids is 1. The zero-order valence-corrected chi connectivity index (χ0v) is 11.7. The van der Waals surface area contributed by atoms with Gasteiger partial charge in [-0.25, -0.2) is 14.0 Å². The van der Waals surface area contributed by atoms with E-state index in [-0.39, 0.29) is 5.92 Å². The smallest absolute Gasteiger partial charge is 0.326 e. The summed E-state index contributed by atoms with van der Waals surface area (Å²) in [5.41, 5.74) is 0.620. The highest BCUT2D eigenvalue weighted by molar-refractivity contribution is 5.92. The molecule has 110 valence electrons. The molecule has 1 aromatic rings. The molecule has 0 unspecified atom stereocenters. The number of urea groups is 1. The maximum absolute atomic E-state index is 13.3. The molecular formula is C14H19FN2O3. The maximum Gasteiger partial charge on any atom is 0.326 e. The molecule has 0 aliphatic heterocycles. The fraction of sp³-hybridized carbons (Fsp3) is 0.429. The summed E-state index contributed by atoms with van der Waals surface area (Å²) < 4.78 is 13.3. The van der Waals surface area contributed by atoms with Crippen molar-refractivity contribution in [2.24, 2.45) is 5.92 Å². The van der Waals surface area contributed by atoms with Gasteiger partial charge in [-0.2, -0.15) is 0 Å². The zero-order valence-electron chi connectivity index (χ0n) is 11.7. The number of carboxylic acids is 1. The predicted molar refractivity (Wildman–Crippen MR) is 74.2 cm³/mol. The van der Waals surface area contributed by atoms with Gasteiger partial charge in [-0.3, -0.25) is 0 Å². The number of anilines is 1. The van der Waals surface area contributed by atoms with Gasteiger partial charge in [0.25, 0.3) is 0 Å². The minimum Gasteiger partial charge on any atom is -0.480 e. The molecular weight excluding hydrogens is 263 g/mol. The molecule has 0 heterocycles. The Morgan fingerprint density at radius 1 is 1.35 bits per heavy atom. The van der Waals surface area contributed by atoms with Crippen LogP contribution < -0.4 is 10.6 Å². The summed E-state index contributed by atoms with van der Waals surface area (Å²) in [6.45, 7) is 5.27. The Hall–Kier alpha value is -2.11. The van der Waals surface area contributed by atoms with Crippen LogP contribution in [0.2, 0.25) is 0 Å². The van der Waals surface area contributed by atoms with E-state index < -0.39 is 23.9 Å². The molecule has 1 aromatic carbocycles. The summed E-state index contributed by atoms with van der Waals surface area (Å²) in [5, 5.41) is 13.9. The van der Waals surface area contributed by atoms with E-state index in [1.807, 2.05) is 13.8 Å². The molecule has 0 saturated heterocycles. The van der Waals surface area contributed by atoms with Crippen LogP contribution in [-0.4, -0.2) is 23.1 Å². The maximum atomic E-state index is 13.3. The first-order valence-electron chi connectivity index (χ1n) is 6.36. The normalized spacial score (nSPS) is 12.1. The molecule has 1 atom stereocenters. The van der Waals surface area contributed by atoms with E-state index in [0.29, 0.717) is 17.7 Å². The summed E-state index contributed by atoms with van der Waals surface area (Å²) in [7, 11) is 0. The minimum atomic E-state index is -1.09. The first-order chi connectivity index (χ1) is 9.31. The van der Waals surface area contributed by atoms with Crippen molar-refractivity contribution in [2.45, 2.75) is 33.2 Å². The van der Waals surface area contributed by atoms with E-state index >= 15 is 0 Å². The van der Waals surface area contributed by atoms with E-state index in [4.69, 9.17) is 5.11 Å². The first-order valence-corrected chi connectivity index (χ1v) is 6.36. The minimum absolute atomic E-state index is 0.132. The van der Waals surface area contributed by atoms with Crippen molar-refractivity contribution in [2.75, 3.05) is 5.32 Å². The Bertz CT molecular complexity index is 503. The van der Waals surface area contributed by atoms with Gasteiger partial charge in [-0.15, -0.1) is 0 Å². The van der Waals surface area contributed by atoms with Crippen LogP contribution in [0, 0.1) is 18.7 Å². The molecule has 3 N–H and O–H groups in total. The van der Waals surface area contributed by atoms with Crippen LogP contribution >= 0.6 is 0 Å². The van der Waals surface area contributed by atoms with Gasteiger partial charge in [0.2, 0.25) is 0 Å². The summed E-state index contributed by atoms with van der Waals surface area (Å²) >= 11 is 0. The van der Waals surface area contributed by atoms with Crippen LogP contribution in [0.5, 0.6) is 0 Å². The van der Waals surface area contributed by atoms with Crippen molar-refractivity contribution in [1.82, 2.24) is 5.32 Å². The number of amides is 2. The van der Waals surface area contributed by atoms with E-state index in [2.05, 4.69) is 10.6 Å². The fourth-order valence-electron chi connectivity index (χ4n) is 1.75. The highest BCUT2D eigenvalue weighted by Crippen LogP contribution is 2.17. The van der Waals surface area contributed by atoms with Gasteiger partial charge >= 0.3 is 12.0 Å². The molecule has 0 bridgehead atoms. The molecule has 0 radical (unpaired) electrons. The molecule has 20 heavy (non-hydrogen) atoms. The largest absolute Gasteiger partial charge is 0.480 e. The third-order valence-corrected chi connectivity index (χ3v) is 2.83. The van der Waals surface area contributed by atoms with E-state index in [1.165, 1.54) is 19.1 Å². The second-order valence-electron chi connectivity index (χ2n) is 5.03. The van der Waals surface area contributed by atoms with Crippen molar-refractivity contribution in [3.8, 4) is 0 Å². The van der Waals surface area contributed by atoms with Crippen molar-refractivity contribution < 1.29 is 19.1 Å². The van der Waals surface area contributed by atoms with E-state index in [0.717, 1.165) is 0 Å². The van der Waals surface area contributed by atoms with Gasteiger partial charge in [0, 0.05) is 11.3 Å². The molecule has 6 heteroatoms. The monoisotopic (exact) mass is 282 g/mol. The lowest BCUT2D eigenvalue weighted by Crippen LogP contribution is -2.43. The van der Waals surface area contributed by atoms with Crippen LogP contribution in [0.3, 0.4) is 0 Å². The number of halogens is 1. The van der Waals surface area contributed by atoms with Crippen molar-refractivity contribution >= 4 is 17.7 Å². The SMILES string of the molecule is Cc1c(F)cccc1NC(=O)N[C@@H](CC(C)C)C(=O)O. The second kappa shape index (κ2) is 6.88. The van der Waals surface area contributed by atoms with Crippen LogP contribution in [0.25, 0.3) is 0 Å². The van der Waals surface area contributed by atoms with Crippen LogP contribution in [0.4, 0.5) is 14.9 Å². The molecule has 0 spiro atoms. The Kier molecular flexibility index (Phi) is 5.49. The van der Waals surface area contributed by atoms with Crippen molar-refractivity contribution in [1.29, 1.82) is 0 Å². The van der Waals surface area contributed by atoms with Crippen molar-refractivity contribution in [3.05, 3.63) is 29.6 Å². The van der Waals surface area contributed by atoms with Crippen molar-refractivity contribution in [3.63, 3.8) is 0 Å². The van der Waals surface area contributed by atoms with Gasteiger partial charge in [-0.05, 0) is 31.4 Å². The van der Waals surface area contributed by atoms with Crippen LogP contribution in [0.1, 0.15) is 25.8 Å². The topological polar surface area (TPSA) is 78.4 Å². The molecule has 2 amide bonds. The molecule has 0 aromatic heterocycles. The summed E-state index contributed by atoms with van der Waals surface area (Å²) in [6.07, 6.45) is 0.324.